The van der Waals surface area contributed by atoms with Crippen LogP contribution in [-0.2, 0) is 4.79 Å². The highest BCUT2D eigenvalue weighted by atomic mass is 16.2. The zero-order valence-corrected chi connectivity index (χ0v) is 9.92. The maximum absolute atomic E-state index is 11.8. The molecule has 14 heavy (non-hydrogen) atoms. The van der Waals surface area contributed by atoms with Crippen molar-refractivity contribution in [1.82, 2.24) is 4.90 Å². The fourth-order valence-electron chi connectivity index (χ4n) is 1.55. The molecule has 0 aromatic heterocycles. The van der Waals surface area contributed by atoms with Gasteiger partial charge in [0.25, 0.3) is 0 Å². The van der Waals surface area contributed by atoms with Crippen LogP contribution < -0.4 is 5.73 Å². The topological polar surface area (TPSA) is 46.3 Å². The van der Waals surface area contributed by atoms with E-state index in [1.54, 1.807) is 0 Å². The van der Waals surface area contributed by atoms with Gasteiger partial charge in [0, 0.05) is 19.0 Å². The molecule has 0 saturated carbocycles. The Labute approximate surface area is 87.6 Å². The molecule has 0 aromatic carbocycles. The Morgan fingerprint density at radius 3 is 2.36 bits per heavy atom. The van der Waals surface area contributed by atoms with Crippen molar-refractivity contribution in [2.45, 2.75) is 46.1 Å². The summed E-state index contributed by atoms with van der Waals surface area (Å²) < 4.78 is 0. The fourth-order valence-corrected chi connectivity index (χ4v) is 1.55. The Bertz CT molecular complexity index is 171. The lowest BCUT2D eigenvalue weighted by Gasteiger charge is -2.27. The van der Waals surface area contributed by atoms with Crippen LogP contribution in [0.25, 0.3) is 0 Å². The molecule has 0 heterocycles. The summed E-state index contributed by atoms with van der Waals surface area (Å²) in [7, 11) is 1.88. The maximum atomic E-state index is 11.8. The van der Waals surface area contributed by atoms with Gasteiger partial charge in [-0.25, -0.2) is 0 Å². The molecule has 3 nitrogen and oxygen atoms in total. The summed E-state index contributed by atoms with van der Waals surface area (Å²) >= 11 is 0. The van der Waals surface area contributed by atoms with E-state index in [4.69, 9.17) is 5.73 Å². The van der Waals surface area contributed by atoms with Crippen LogP contribution in [0.5, 0.6) is 0 Å². The van der Waals surface area contributed by atoms with E-state index in [0.717, 1.165) is 19.3 Å². The number of nitrogens with zero attached hydrogens (tertiary/aromatic N) is 1. The number of nitrogens with two attached hydrogens (primary N) is 1. The van der Waals surface area contributed by atoms with E-state index in [-0.39, 0.29) is 11.8 Å². The third-order valence-corrected chi connectivity index (χ3v) is 2.74. The van der Waals surface area contributed by atoms with E-state index in [9.17, 15) is 4.79 Å². The molecule has 0 aliphatic carbocycles. The van der Waals surface area contributed by atoms with Gasteiger partial charge in [0.2, 0.25) is 5.91 Å². The molecule has 0 fully saturated rings. The minimum Gasteiger partial charge on any atom is -0.343 e. The first-order valence-electron chi connectivity index (χ1n) is 5.51. The molecular formula is C11H24N2O. The fraction of sp³-hybridized carbons (Fsp3) is 0.909. The highest BCUT2D eigenvalue weighted by Gasteiger charge is 2.20. The summed E-state index contributed by atoms with van der Waals surface area (Å²) in [6.45, 7) is 6.77. The standard InChI is InChI=1S/C11H24N2O/c1-5-6-10(3)13(4)11(14)9(2)7-8-12/h9-10H,5-8,12H2,1-4H3. The van der Waals surface area contributed by atoms with Crippen LogP contribution in [0.15, 0.2) is 0 Å². The van der Waals surface area contributed by atoms with Crippen molar-refractivity contribution in [3.63, 3.8) is 0 Å². The van der Waals surface area contributed by atoms with Gasteiger partial charge in [-0.2, -0.15) is 0 Å². The number of amides is 1. The van der Waals surface area contributed by atoms with E-state index in [1.807, 2.05) is 18.9 Å². The van der Waals surface area contributed by atoms with Crippen LogP contribution in [0.1, 0.15) is 40.0 Å². The van der Waals surface area contributed by atoms with Gasteiger partial charge >= 0.3 is 0 Å². The first-order valence-corrected chi connectivity index (χ1v) is 5.51. The molecule has 2 unspecified atom stereocenters. The predicted molar refractivity (Wildman–Crippen MR) is 60.0 cm³/mol. The normalized spacial score (nSPS) is 14.9. The van der Waals surface area contributed by atoms with Crippen LogP contribution in [0.3, 0.4) is 0 Å². The summed E-state index contributed by atoms with van der Waals surface area (Å²) in [4.78, 5) is 13.7. The SMILES string of the molecule is CCCC(C)N(C)C(=O)C(C)CCN. The molecule has 0 saturated heterocycles. The average molecular weight is 200 g/mol. The summed E-state index contributed by atoms with van der Waals surface area (Å²) in [6.07, 6.45) is 2.96. The van der Waals surface area contributed by atoms with E-state index in [1.165, 1.54) is 0 Å². The molecule has 0 radical (unpaired) electrons. The quantitative estimate of drug-likeness (QED) is 0.708. The van der Waals surface area contributed by atoms with E-state index < -0.39 is 0 Å². The van der Waals surface area contributed by atoms with Crippen LogP contribution in [-0.4, -0.2) is 30.4 Å². The Hall–Kier alpha value is -0.570. The number of carbonyl (C=O) groups is 1. The van der Waals surface area contributed by atoms with Crippen LogP contribution >= 0.6 is 0 Å². The Balaban J connectivity index is 4.09. The van der Waals surface area contributed by atoms with Gasteiger partial charge in [0.1, 0.15) is 0 Å². The second-order valence-corrected chi connectivity index (χ2v) is 4.07. The number of hydrogen-bond acceptors (Lipinski definition) is 2. The summed E-state index contributed by atoms with van der Waals surface area (Å²) in [5.74, 6) is 0.278. The molecule has 0 aromatic rings. The highest BCUT2D eigenvalue weighted by Crippen LogP contribution is 2.10. The minimum atomic E-state index is 0.0595. The highest BCUT2D eigenvalue weighted by molar-refractivity contribution is 5.78. The Morgan fingerprint density at radius 2 is 1.93 bits per heavy atom. The first-order chi connectivity index (χ1) is 6.54. The van der Waals surface area contributed by atoms with Crippen LogP contribution in [0, 0.1) is 5.92 Å². The van der Waals surface area contributed by atoms with Gasteiger partial charge in [0.15, 0.2) is 0 Å². The molecule has 2 N–H and O–H groups in total. The van der Waals surface area contributed by atoms with Crippen molar-refractivity contribution in [3.05, 3.63) is 0 Å². The van der Waals surface area contributed by atoms with Gasteiger partial charge in [-0.15, -0.1) is 0 Å². The molecule has 0 aliphatic heterocycles. The smallest absolute Gasteiger partial charge is 0.225 e. The third-order valence-electron chi connectivity index (χ3n) is 2.74. The molecule has 0 aliphatic rings. The summed E-state index contributed by atoms with van der Waals surface area (Å²) in [6, 6.07) is 0.340. The molecule has 84 valence electrons. The van der Waals surface area contributed by atoms with Crippen molar-refractivity contribution in [3.8, 4) is 0 Å². The van der Waals surface area contributed by atoms with Crippen molar-refractivity contribution < 1.29 is 4.79 Å². The zero-order chi connectivity index (χ0) is 11.1. The monoisotopic (exact) mass is 200 g/mol. The van der Waals surface area contributed by atoms with Gasteiger partial charge in [-0.05, 0) is 26.3 Å². The molecular weight excluding hydrogens is 176 g/mol. The minimum absolute atomic E-state index is 0.0595. The number of carbonyl (C=O) groups excluding carboxylic acids is 1. The van der Waals surface area contributed by atoms with Gasteiger partial charge in [-0.1, -0.05) is 20.3 Å². The number of hydrogen-bond donors (Lipinski definition) is 1. The number of rotatable bonds is 6. The summed E-state index contributed by atoms with van der Waals surface area (Å²) in [5.41, 5.74) is 5.43. The second kappa shape index (κ2) is 6.82. The van der Waals surface area contributed by atoms with Gasteiger partial charge in [-0.3, -0.25) is 4.79 Å². The van der Waals surface area contributed by atoms with Crippen molar-refractivity contribution >= 4 is 5.91 Å². The lowest BCUT2D eigenvalue weighted by Crippen LogP contribution is -2.38. The zero-order valence-electron chi connectivity index (χ0n) is 9.92. The van der Waals surface area contributed by atoms with E-state index >= 15 is 0 Å². The largest absolute Gasteiger partial charge is 0.343 e. The molecule has 2 atom stereocenters. The Kier molecular flexibility index (Phi) is 6.54. The van der Waals surface area contributed by atoms with Gasteiger partial charge in [0.05, 0.1) is 0 Å². The van der Waals surface area contributed by atoms with Crippen molar-refractivity contribution in [2.75, 3.05) is 13.6 Å². The summed E-state index contributed by atoms with van der Waals surface area (Å²) in [5, 5.41) is 0. The average Bonchev–Trinajstić information content (AvgIpc) is 2.16. The van der Waals surface area contributed by atoms with Crippen LogP contribution in [0.4, 0.5) is 0 Å². The molecule has 0 rings (SSSR count). The molecule has 1 amide bonds. The van der Waals surface area contributed by atoms with Crippen LogP contribution in [0.2, 0.25) is 0 Å². The molecule has 0 bridgehead atoms. The lowest BCUT2D eigenvalue weighted by atomic mass is 10.0. The lowest BCUT2D eigenvalue weighted by molar-refractivity contribution is -0.135. The van der Waals surface area contributed by atoms with Gasteiger partial charge < -0.3 is 10.6 Å². The molecule has 3 heteroatoms. The maximum Gasteiger partial charge on any atom is 0.225 e. The van der Waals surface area contributed by atoms with Crippen molar-refractivity contribution in [1.29, 1.82) is 0 Å². The first kappa shape index (κ1) is 13.4. The van der Waals surface area contributed by atoms with E-state index in [2.05, 4.69) is 13.8 Å². The molecule has 0 spiro atoms. The Morgan fingerprint density at radius 1 is 1.36 bits per heavy atom. The van der Waals surface area contributed by atoms with Crippen molar-refractivity contribution in [2.24, 2.45) is 11.7 Å². The van der Waals surface area contributed by atoms with E-state index in [0.29, 0.717) is 12.6 Å². The third kappa shape index (κ3) is 4.09. The second-order valence-electron chi connectivity index (χ2n) is 4.07. The predicted octanol–water partition coefficient (Wildman–Crippen LogP) is 1.62.